The number of carbonyl (C=O) groups excluding carboxylic acids is 1. The van der Waals surface area contributed by atoms with E-state index in [1.165, 1.54) is 5.75 Å². The molecule has 1 aromatic carbocycles. The molecule has 4 heteroatoms. The van der Waals surface area contributed by atoms with Crippen molar-refractivity contribution in [1.82, 2.24) is 0 Å². The Morgan fingerprint density at radius 1 is 1.35 bits per heavy atom. The van der Waals surface area contributed by atoms with Crippen LogP contribution in [0, 0.1) is 0 Å². The quantitative estimate of drug-likeness (QED) is 0.656. The molecule has 1 saturated heterocycles. The molecular formula is C16H22O3S. The number of aldehydes is 1. The topological polar surface area (TPSA) is 35.5 Å². The maximum atomic E-state index is 10.5. The summed E-state index contributed by atoms with van der Waals surface area (Å²) in [4.78, 5) is 10.5. The van der Waals surface area contributed by atoms with E-state index in [2.05, 4.69) is 12.1 Å². The Hall–Kier alpha value is -0.840. The minimum atomic E-state index is 0.0348. The first-order chi connectivity index (χ1) is 9.88. The van der Waals surface area contributed by atoms with Gasteiger partial charge in [0.15, 0.2) is 0 Å². The van der Waals surface area contributed by atoms with Gasteiger partial charge >= 0.3 is 0 Å². The molecule has 1 heterocycles. The fourth-order valence-corrected chi connectivity index (χ4v) is 3.32. The average Bonchev–Trinajstić information content (AvgIpc) is 2.98. The average molecular weight is 294 g/mol. The van der Waals surface area contributed by atoms with E-state index in [4.69, 9.17) is 9.47 Å². The summed E-state index contributed by atoms with van der Waals surface area (Å²) in [6, 6.07) is 10.1. The molecule has 1 aromatic rings. The maximum Gasteiger partial charge on any atom is 0.120 e. The van der Waals surface area contributed by atoms with Gasteiger partial charge in [-0.2, -0.15) is 11.8 Å². The van der Waals surface area contributed by atoms with E-state index >= 15 is 0 Å². The Labute approximate surface area is 125 Å². The van der Waals surface area contributed by atoms with E-state index in [-0.39, 0.29) is 6.10 Å². The Morgan fingerprint density at radius 3 is 2.90 bits per heavy atom. The first-order valence-corrected chi connectivity index (χ1v) is 8.32. The molecule has 1 aliphatic heterocycles. The van der Waals surface area contributed by atoms with E-state index in [9.17, 15) is 4.79 Å². The first kappa shape index (κ1) is 15.5. The lowest BCUT2D eigenvalue weighted by Gasteiger charge is -2.21. The van der Waals surface area contributed by atoms with E-state index in [1.807, 2.05) is 30.0 Å². The van der Waals surface area contributed by atoms with Gasteiger partial charge in [0.05, 0.1) is 25.4 Å². The van der Waals surface area contributed by atoms with Crippen molar-refractivity contribution in [2.24, 2.45) is 0 Å². The first-order valence-electron chi connectivity index (χ1n) is 7.17. The van der Waals surface area contributed by atoms with Gasteiger partial charge in [-0.25, -0.2) is 0 Å². The van der Waals surface area contributed by atoms with Crippen molar-refractivity contribution in [3.63, 3.8) is 0 Å². The van der Waals surface area contributed by atoms with Gasteiger partial charge in [-0.3, -0.25) is 0 Å². The van der Waals surface area contributed by atoms with Crippen LogP contribution in [0.4, 0.5) is 0 Å². The van der Waals surface area contributed by atoms with Crippen LogP contribution in [0.2, 0.25) is 0 Å². The molecule has 0 radical (unpaired) electrons. The summed E-state index contributed by atoms with van der Waals surface area (Å²) in [5.74, 6) is 2.24. The highest BCUT2D eigenvalue weighted by molar-refractivity contribution is 7.99. The van der Waals surface area contributed by atoms with Gasteiger partial charge < -0.3 is 14.3 Å². The molecular weight excluding hydrogens is 272 g/mol. The fourth-order valence-electron chi connectivity index (χ4n) is 2.22. The van der Waals surface area contributed by atoms with E-state index in [1.54, 1.807) is 0 Å². The second kappa shape index (κ2) is 9.16. The Kier molecular flexibility index (Phi) is 7.12. The molecule has 1 aliphatic rings. The number of carbonyl (C=O) groups is 1. The van der Waals surface area contributed by atoms with Crippen molar-refractivity contribution in [3.05, 3.63) is 35.9 Å². The highest BCUT2D eigenvalue weighted by atomic mass is 32.2. The van der Waals surface area contributed by atoms with Gasteiger partial charge in [-0.15, -0.1) is 0 Å². The van der Waals surface area contributed by atoms with Crippen molar-refractivity contribution in [3.8, 4) is 0 Å². The van der Waals surface area contributed by atoms with Crippen LogP contribution in [-0.2, 0) is 20.9 Å². The number of hydrogen-bond acceptors (Lipinski definition) is 4. The molecule has 3 nitrogen and oxygen atoms in total. The minimum absolute atomic E-state index is 0.0348. The van der Waals surface area contributed by atoms with Gasteiger partial charge in [-0.05, 0) is 24.2 Å². The predicted octanol–water partition coefficient (Wildman–Crippen LogP) is 3.07. The monoisotopic (exact) mass is 294 g/mol. The van der Waals surface area contributed by atoms with Crippen molar-refractivity contribution in [2.75, 3.05) is 18.1 Å². The molecule has 1 fully saturated rings. The number of hydrogen-bond donors (Lipinski definition) is 0. The van der Waals surface area contributed by atoms with E-state index in [0.29, 0.717) is 25.7 Å². The maximum absolute atomic E-state index is 10.5. The molecule has 2 rings (SSSR count). The molecule has 20 heavy (non-hydrogen) atoms. The lowest BCUT2D eigenvalue weighted by molar-refractivity contribution is -0.109. The molecule has 0 bridgehead atoms. The number of rotatable bonds is 9. The summed E-state index contributed by atoms with van der Waals surface area (Å²) in [5.41, 5.74) is 1.16. The highest BCUT2D eigenvalue weighted by Crippen LogP contribution is 2.22. The highest BCUT2D eigenvalue weighted by Gasteiger charge is 2.20. The zero-order valence-electron chi connectivity index (χ0n) is 11.7. The van der Waals surface area contributed by atoms with E-state index < -0.39 is 0 Å². The second-order valence-corrected chi connectivity index (χ2v) is 6.14. The van der Waals surface area contributed by atoms with Crippen molar-refractivity contribution in [2.45, 2.75) is 38.1 Å². The molecule has 0 amide bonds. The minimum Gasteiger partial charge on any atom is -0.374 e. The smallest absolute Gasteiger partial charge is 0.120 e. The van der Waals surface area contributed by atoms with Crippen molar-refractivity contribution in [1.29, 1.82) is 0 Å². The van der Waals surface area contributed by atoms with Crippen LogP contribution in [0.25, 0.3) is 0 Å². The third kappa shape index (κ3) is 5.65. The molecule has 0 aromatic heterocycles. The Morgan fingerprint density at radius 2 is 2.20 bits per heavy atom. The van der Waals surface area contributed by atoms with Crippen LogP contribution >= 0.6 is 11.8 Å². The standard InChI is InChI=1S/C16H22O3S/c17-9-4-7-15(19-16-8-10-20-13-16)12-18-11-14-5-2-1-3-6-14/h1-3,5-6,9,15-16H,4,7-8,10-13H2. The molecule has 110 valence electrons. The van der Waals surface area contributed by atoms with Gasteiger partial charge in [-0.1, -0.05) is 30.3 Å². The van der Waals surface area contributed by atoms with Crippen molar-refractivity contribution >= 4 is 18.0 Å². The third-order valence-electron chi connectivity index (χ3n) is 3.29. The summed E-state index contributed by atoms with van der Waals surface area (Å²) >= 11 is 1.93. The largest absolute Gasteiger partial charge is 0.374 e. The van der Waals surface area contributed by atoms with Crippen LogP contribution in [-0.4, -0.2) is 36.6 Å². The van der Waals surface area contributed by atoms with E-state index in [0.717, 1.165) is 30.4 Å². The number of benzene rings is 1. The molecule has 0 saturated carbocycles. The Bertz CT molecular complexity index is 377. The predicted molar refractivity (Wildman–Crippen MR) is 82.0 cm³/mol. The molecule has 2 unspecified atom stereocenters. The molecule has 0 spiro atoms. The van der Waals surface area contributed by atoms with Gasteiger partial charge in [0.25, 0.3) is 0 Å². The fraction of sp³-hybridized carbons (Fsp3) is 0.562. The lowest BCUT2D eigenvalue weighted by Crippen LogP contribution is -2.26. The number of ether oxygens (including phenoxy) is 2. The van der Waals surface area contributed by atoms with Gasteiger partial charge in [0, 0.05) is 12.2 Å². The molecule has 2 atom stereocenters. The summed E-state index contributed by atoms with van der Waals surface area (Å²) in [7, 11) is 0. The summed E-state index contributed by atoms with van der Waals surface area (Å²) in [5, 5.41) is 0. The van der Waals surface area contributed by atoms with Crippen LogP contribution in [0.15, 0.2) is 30.3 Å². The van der Waals surface area contributed by atoms with Gasteiger partial charge in [0.1, 0.15) is 6.29 Å². The molecule has 0 N–H and O–H groups in total. The van der Waals surface area contributed by atoms with Crippen LogP contribution < -0.4 is 0 Å². The van der Waals surface area contributed by atoms with Crippen molar-refractivity contribution < 1.29 is 14.3 Å². The SMILES string of the molecule is O=CCCC(COCc1ccccc1)OC1CCSC1. The molecule has 0 aliphatic carbocycles. The van der Waals surface area contributed by atoms with Gasteiger partial charge in [0.2, 0.25) is 0 Å². The summed E-state index contributed by atoms with van der Waals surface area (Å²) < 4.78 is 11.8. The Balaban J connectivity index is 1.72. The van der Waals surface area contributed by atoms with Crippen LogP contribution in [0.5, 0.6) is 0 Å². The van der Waals surface area contributed by atoms with Crippen LogP contribution in [0.3, 0.4) is 0 Å². The third-order valence-corrected chi connectivity index (χ3v) is 4.43. The zero-order chi connectivity index (χ0) is 14.0. The number of thioether (sulfide) groups is 1. The summed E-state index contributed by atoms with van der Waals surface area (Å²) in [6.07, 6.45) is 3.72. The van der Waals surface area contributed by atoms with Crippen LogP contribution in [0.1, 0.15) is 24.8 Å². The lowest BCUT2D eigenvalue weighted by atomic mass is 10.2. The second-order valence-electron chi connectivity index (χ2n) is 4.99. The summed E-state index contributed by atoms with van der Waals surface area (Å²) in [6.45, 7) is 1.16. The normalized spacial score (nSPS) is 19.9. The zero-order valence-corrected chi connectivity index (χ0v) is 12.5.